The van der Waals surface area contributed by atoms with Gasteiger partial charge in [-0.25, -0.2) is 9.59 Å². The van der Waals surface area contributed by atoms with Gasteiger partial charge in [0.2, 0.25) is 0 Å². The van der Waals surface area contributed by atoms with Crippen molar-refractivity contribution in [2.75, 3.05) is 13.1 Å². The summed E-state index contributed by atoms with van der Waals surface area (Å²) < 4.78 is 0. The van der Waals surface area contributed by atoms with Crippen molar-refractivity contribution in [2.45, 2.75) is 131 Å². The molecule has 0 aliphatic heterocycles. The second-order valence-corrected chi connectivity index (χ2v) is 8.72. The first-order chi connectivity index (χ1) is 14.2. The van der Waals surface area contributed by atoms with Crippen molar-refractivity contribution >= 4 is 12.1 Å². The summed E-state index contributed by atoms with van der Waals surface area (Å²) in [4.78, 5) is 29.0. The maximum atomic E-state index is 12.5. The van der Waals surface area contributed by atoms with Crippen LogP contribution in [0, 0.1) is 0 Å². The van der Waals surface area contributed by atoms with Crippen LogP contribution in [0.4, 0.5) is 9.59 Å². The van der Waals surface area contributed by atoms with Crippen molar-refractivity contribution in [3.05, 3.63) is 0 Å². The molecule has 4 atom stereocenters. The Hall–Kier alpha value is -1.46. The summed E-state index contributed by atoms with van der Waals surface area (Å²) in [5.74, 6) is 0. The monoisotopic (exact) mass is 426 g/mol. The van der Waals surface area contributed by atoms with Gasteiger partial charge in [0.15, 0.2) is 0 Å². The van der Waals surface area contributed by atoms with E-state index in [0.29, 0.717) is 13.1 Å². The molecule has 6 nitrogen and oxygen atoms in total. The van der Waals surface area contributed by atoms with Crippen molar-refractivity contribution < 1.29 is 9.59 Å². The third-order valence-corrected chi connectivity index (χ3v) is 6.39. The van der Waals surface area contributed by atoms with Gasteiger partial charge in [0, 0.05) is 37.3 Å². The van der Waals surface area contributed by atoms with Crippen LogP contribution in [0.5, 0.6) is 0 Å². The molecule has 6 heteroatoms. The van der Waals surface area contributed by atoms with Gasteiger partial charge in [-0.3, -0.25) is 0 Å². The van der Waals surface area contributed by atoms with E-state index in [1.54, 1.807) is 0 Å². The molecule has 0 radical (unpaired) electrons. The zero-order valence-electron chi connectivity index (χ0n) is 21.1. The van der Waals surface area contributed by atoms with Crippen molar-refractivity contribution in [3.63, 3.8) is 0 Å². The Morgan fingerprint density at radius 1 is 0.567 bits per heavy atom. The lowest BCUT2D eigenvalue weighted by Crippen LogP contribution is -2.49. The molecule has 0 aliphatic carbocycles. The van der Waals surface area contributed by atoms with E-state index in [4.69, 9.17) is 0 Å². The molecule has 0 aromatic carbocycles. The van der Waals surface area contributed by atoms with Crippen LogP contribution in [0.2, 0.25) is 0 Å². The van der Waals surface area contributed by atoms with Crippen LogP contribution in [0.15, 0.2) is 0 Å². The number of nitrogens with one attached hydrogen (secondary N) is 2. The summed E-state index contributed by atoms with van der Waals surface area (Å²) in [5, 5.41) is 6.17. The third-order valence-electron chi connectivity index (χ3n) is 6.39. The van der Waals surface area contributed by atoms with E-state index in [1.807, 2.05) is 9.80 Å². The summed E-state index contributed by atoms with van der Waals surface area (Å²) in [6.45, 7) is 18.4. The molecule has 30 heavy (non-hydrogen) atoms. The van der Waals surface area contributed by atoms with Crippen LogP contribution in [0.1, 0.15) is 107 Å². The first-order valence-electron chi connectivity index (χ1n) is 12.4. The highest BCUT2D eigenvalue weighted by Crippen LogP contribution is 2.13. The number of hydrogen-bond donors (Lipinski definition) is 2. The maximum Gasteiger partial charge on any atom is 0.317 e. The van der Waals surface area contributed by atoms with Gasteiger partial charge in [0.1, 0.15) is 0 Å². The molecule has 0 aliphatic rings. The fourth-order valence-corrected chi connectivity index (χ4v) is 3.63. The Balaban J connectivity index is 4.11. The number of nitrogens with zero attached hydrogens (tertiary/aromatic N) is 2. The summed E-state index contributed by atoms with van der Waals surface area (Å²) in [6, 6.07) is 1.15. The van der Waals surface area contributed by atoms with Crippen molar-refractivity contribution in [3.8, 4) is 0 Å². The van der Waals surface area contributed by atoms with E-state index in [-0.39, 0.29) is 36.2 Å². The number of urea groups is 2. The lowest BCUT2D eigenvalue weighted by atomic mass is 10.1. The highest BCUT2D eigenvalue weighted by molar-refractivity contribution is 5.75. The second-order valence-electron chi connectivity index (χ2n) is 8.72. The van der Waals surface area contributed by atoms with Crippen LogP contribution < -0.4 is 10.6 Å². The summed E-state index contributed by atoms with van der Waals surface area (Å²) in [6.07, 6.45) is 7.93. The Bertz CT molecular complexity index is 410. The fourth-order valence-electron chi connectivity index (χ4n) is 3.63. The first kappa shape index (κ1) is 28.5. The average molecular weight is 427 g/mol. The fraction of sp³-hybridized carbons (Fsp3) is 0.917. The first-order valence-corrected chi connectivity index (χ1v) is 12.4. The van der Waals surface area contributed by atoms with Gasteiger partial charge < -0.3 is 20.4 Å². The summed E-state index contributed by atoms with van der Waals surface area (Å²) >= 11 is 0. The van der Waals surface area contributed by atoms with Crippen LogP contribution >= 0.6 is 0 Å². The number of hydrogen-bond acceptors (Lipinski definition) is 2. The number of carbonyl (C=O) groups excluding carboxylic acids is 2. The topological polar surface area (TPSA) is 64.7 Å². The third kappa shape index (κ3) is 10.0. The van der Waals surface area contributed by atoms with Crippen LogP contribution in [-0.4, -0.2) is 59.1 Å². The molecule has 2 N–H and O–H groups in total. The molecule has 0 spiro atoms. The minimum absolute atomic E-state index is 0.0566. The highest BCUT2D eigenvalue weighted by atomic mass is 16.2. The number of unbranched alkanes of at least 4 members (excludes halogenated alkanes) is 3. The molecule has 0 aromatic heterocycles. The zero-order valence-corrected chi connectivity index (χ0v) is 21.1. The van der Waals surface area contributed by atoms with Gasteiger partial charge in [0.25, 0.3) is 0 Å². The van der Waals surface area contributed by atoms with E-state index < -0.39 is 0 Å². The molecule has 178 valence electrons. The molecule has 0 saturated heterocycles. The standard InChI is InChI=1S/C24H50N4O2/c1-9-19(5)27(20(6)10-2)23(29)25-17-15-13-14-16-18-26-24(30)28(21(7)11-3)22(8)12-4/h19-22H,9-18H2,1-8H3,(H,25,29)(H,26,30)/t19-,20-,21-,22+/m0/s1. The van der Waals surface area contributed by atoms with Gasteiger partial charge in [-0.1, -0.05) is 40.5 Å². The lowest BCUT2D eigenvalue weighted by molar-refractivity contribution is 0.149. The van der Waals surface area contributed by atoms with Gasteiger partial charge in [0.05, 0.1) is 0 Å². The van der Waals surface area contributed by atoms with Gasteiger partial charge in [-0.05, 0) is 66.2 Å². The number of amides is 4. The molecule has 0 rings (SSSR count). The molecular formula is C24H50N4O2. The van der Waals surface area contributed by atoms with Crippen molar-refractivity contribution in [1.82, 2.24) is 20.4 Å². The molecule has 0 fully saturated rings. The quantitative estimate of drug-likeness (QED) is 0.327. The minimum atomic E-state index is 0.0566. The van der Waals surface area contributed by atoms with E-state index in [0.717, 1.165) is 51.4 Å². The van der Waals surface area contributed by atoms with E-state index in [2.05, 4.69) is 66.0 Å². The molecule has 0 unspecified atom stereocenters. The van der Waals surface area contributed by atoms with Crippen LogP contribution in [0.3, 0.4) is 0 Å². The maximum absolute atomic E-state index is 12.5. The molecule has 0 saturated carbocycles. The van der Waals surface area contributed by atoms with Gasteiger partial charge >= 0.3 is 12.1 Å². The van der Waals surface area contributed by atoms with Gasteiger partial charge in [-0.15, -0.1) is 0 Å². The molecule has 0 heterocycles. The van der Waals surface area contributed by atoms with E-state index >= 15 is 0 Å². The Morgan fingerprint density at radius 2 is 0.833 bits per heavy atom. The normalized spacial score (nSPS) is 15.1. The SMILES string of the molecule is CC[C@@H](C)N(C(=O)NCCCCCCNC(=O)N([C@@H](C)CC)[C@@H](C)CC)[C@@H](C)CC. The molecular weight excluding hydrogens is 376 g/mol. The van der Waals surface area contributed by atoms with Crippen LogP contribution in [0.25, 0.3) is 0 Å². The van der Waals surface area contributed by atoms with Crippen molar-refractivity contribution in [1.29, 1.82) is 0 Å². The van der Waals surface area contributed by atoms with Crippen LogP contribution in [-0.2, 0) is 0 Å². The van der Waals surface area contributed by atoms with Crippen molar-refractivity contribution in [2.24, 2.45) is 0 Å². The minimum Gasteiger partial charge on any atom is -0.338 e. The largest absolute Gasteiger partial charge is 0.338 e. The molecule has 0 bridgehead atoms. The number of rotatable bonds is 15. The number of carbonyl (C=O) groups is 2. The van der Waals surface area contributed by atoms with Gasteiger partial charge in [-0.2, -0.15) is 0 Å². The predicted octanol–water partition coefficient (Wildman–Crippen LogP) is 5.76. The summed E-state index contributed by atoms with van der Waals surface area (Å²) in [5.41, 5.74) is 0. The predicted molar refractivity (Wildman–Crippen MR) is 128 cm³/mol. The van der Waals surface area contributed by atoms with E-state index in [1.165, 1.54) is 0 Å². The second kappa shape index (κ2) is 16.3. The highest BCUT2D eigenvalue weighted by Gasteiger charge is 2.24. The molecule has 0 aromatic rings. The Labute approximate surface area is 186 Å². The molecule has 4 amide bonds. The Morgan fingerprint density at radius 3 is 1.07 bits per heavy atom. The lowest BCUT2D eigenvalue weighted by Gasteiger charge is -2.34. The average Bonchev–Trinajstić information content (AvgIpc) is 2.74. The zero-order chi connectivity index (χ0) is 23.1. The smallest absolute Gasteiger partial charge is 0.317 e. The summed E-state index contributed by atoms with van der Waals surface area (Å²) in [7, 11) is 0. The Kier molecular flexibility index (Phi) is 15.5. The van der Waals surface area contributed by atoms with E-state index in [9.17, 15) is 9.59 Å².